The maximum atomic E-state index is 4.61. The van der Waals surface area contributed by atoms with E-state index in [2.05, 4.69) is 53.1 Å². The minimum absolute atomic E-state index is 0.311. The first-order chi connectivity index (χ1) is 9.27. The van der Waals surface area contributed by atoms with Crippen LogP contribution in [0.15, 0.2) is 46.7 Å². The molecule has 0 radical (unpaired) electrons. The molecule has 2 aliphatic heterocycles. The zero-order chi connectivity index (χ0) is 13.2. The zero-order valence-electron chi connectivity index (χ0n) is 11.7. The van der Waals surface area contributed by atoms with Gasteiger partial charge in [0, 0.05) is 18.8 Å². The van der Waals surface area contributed by atoms with Crippen molar-refractivity contribution < 1.29 is 0 Å². The summed E-state index contributed by atoms with van der Waals surface area (Å²) in [6.45, 7) is 6.80. The molecule has 100 valence electrons. The Balaban J connectivity index is 1.90. The van der Waals surface area contributed by atoms with Gasteiger partial charge in [-0.1, -0.05) is 18.2 Å². The highest BCUT2D eigenvalue weighted by Crippen LogP contribution is 2.29. The Labute approximate surface area is 115 Å². The number of anilines is 1. The van der Waals surface area contributed by atoms with E-state index in [1.165, 1.54) is 37.2 Å². The molecule has 0 N–H and O–H groups in total. The molecule has 2 aliphatic rings. The summed E-state index contributed by atoms with van der Waals surface area (Å²) in [5.74, 6) is 0. The lowest BCUT2D eigenvalue weighted by Gasteiger charge is -2.37. The molecule has 19 heavy (non-hydrogen) atoms. The van der Waals surface area contributed by atoms with Crippen molar-refractivity contribution in [2.75, 3.05) is 18.1 Å². The van der Waals surface area contributed by atoms with Gasteiger partial charge < -0.3 is 4.90 Å². The molecule has 1 unspecified atom stereocenters. The lowest BCUT2D eigenvalue weighted by Crippen LogP contribution is -2.40. The van der Waals surface area contributed by atoms with E-state index in [0.717, 1.165) is 5.69 Å². The molecule has 1 aromatic rings. The van der Waals surface area contributed by atoms with Crippen LogP contribution in [0.3, 0.4) is 0 Å². The Hall–Kier alpha value is -1.77. The Morgan fingerprint density at radius 3 is 2.47 bits per heavy atom. The van der Waals surface area contributed by atoms with Gasteiger partial charge in [-0.25, -0.2) is 0 Å². The van der Waals surface area contributed by atoms with Crippen molar-refractivity contribution >= 4 is 11.9 Å². The van der Waals surface area contributed by atoms with Crippen molar-refractivity contribution in [3.63, 3.8) is 0 Å². The fraction of sp³-hybridized carbons (Fsp3) is 0.438. The van der Waals surface area contributed by atoms with Gasteiger partial charge in [0.2, 0.25) is 0 Å². The molecule has 3 nitrogen and oxygen atoms in total. The van der Waals surface area contributed by atoms with E-state index in [9.17, 15) is 0 Å². The molecule has 3 heteroatoms. The maximum absolute atomic E-state index is 4.61. The number of para-hydroxylation sites is 1. The van der Waals surface area contributed by atoms with Gasteiger partial charge in [-0.05, 0) is 44.4 Å². The molecule has 0 bridgehead atoms. The average Bonchev–Trinajstić information content (AvgIpc) is 2.94. The molecule has 3 rings (SSSR count). The number of hydrazone groups is 1. The predicted octanol–water partition coefficient (Wildman–Crippen LogP) is 3.25. The molecule has 1 saturated heterocycles. The van der Waals surface area contributed by atoms with Crippen molar-refractivity contribution in [2.24, 2.45) is 5.10 Å². The first-order valence-corrected chi connectivity index (χ1v) is 7.11. The fourth-order valence-electron chi connectivity index (χ4n) is 3.10. The Bertz CT molecular complexity index is 498. The van der Waals surface area contributed by atoms with Gasteiger partial charge in [0.1, 0.15) is 0 Å². The van der Waals surface area contributed by atoms with Crippen molar-refractivity contribution in [1.82, 2.24) is 4.90 Å². The van der Waals surface area contributed by atoms with Crippen LogP contribution in [0, 0.1) is 0 Å². The number of allylic oxidation sites excluding steroid dienone is 1. The summed E-state index contributed by atoms with van der Waals surface area (Å²) in [6, 6.07) is 10.7. The van der Waals surface area contributed by atoms with Gasteiger partial charge in [-0.15, -0.1) is 0 Å². The van der Waals surface area contributed by atoms with E-state index in [1.54, 1.807) is 0 Å². The largest absolute Gasteiger partial charge is 0.373 e. The third-order valence-corrected chi connectivity index (χ3v) is 4.01. The van der Waals surface area contributed by atoms with E-state index < -0.39 is 0 Å². The van der Waals surface area contributed by atoms with Gasteiger partial charge in [0.15, 0.2) is 0 Å². The van der Waals surface area contributed by atoms with Gasteiger partial charge in [0.25, 0.3) is 0 Å². The quantitative estimate of drug-likeness (QED) is 0.808. The Kier molecular flexibility index (Phi) is 3.28. The van der Waals surface area contributed by atoms with Gasteiger partial charge in [-0.2, -0.15) is 5.10 Å². The fourth-order valence-corrected chi connectivity index (χ4v) is 3.10. The lowest BCUT2D eigenvalue weighted by molar-refractivity contribution is 0.386. The van der Waals surface area contributed by atoms with Crippen LogP contribution in [0.25, 0.3) is 0 Å². The average molecular weight is 255 g/mol. The van der Waals surface area contributed by atoms with Gasteiger partial charge >= 0.3 is 0 Å². The van der Waals surface area contributed by atoms with Crippen LogP contribution in [0.4, 0.5) is 5.69 Å². The van der Waals surface area contributed by atoms with Crippen molar-refractivity contribution in [2.45, 2.75) is 32.7 Å². The smallest absolute Gasteiger partial charge is 0.0897 e. The highest BCUT2D eigenvalue weighted by molar-refractivity contribution is 5.82. The van der Waals surface area contributed by atoms with E-state index in [0.29, 0.717) is 6.04 Å². The molecule has 0 saturated carbocycles. The maximum Gasteiger partial charge on any atom is 0.0897 e. The number of hydrogen-bond donors (Lipinski definition) is 0. The number of hydrogen-bond acceptors (Lipinski definition) is 3. The summed E-state index contributed by atoms with van der Waals surface area (Å²) in [4.78, 5) is 2.53. The lowest BCUT2D eigenvalue weighted by atomic mass is 10.1. The molecule has 2 heterocycles. The van der Waals surface area contributed by atoms with Crippen LogP contribution in [0.5, 0.6) is 0 Å². The van der Waals surface area contributed by atoms with E-state index in [-0.39, 0.29) is 0 Å². The molecule has 0 amide bonds. The molecule has 0 aromatic heterocycles. The number of rotatable bonds is 2. The monoisotopic (exact) mass is 255 g/mol. The summed E-state index contributed by atoms with van der Waals surface area (Å²) < 4.78 is 0. The molecular formula is C16H21N3. The van der Waals surface area contributed by atoms with Crippen molar-refractivity contribution in [3.05, 3.63) is 41.6 Å². The topological polar surface area (TPSA) is 18.8 Å². The van der Waals surface area contributed by atoms with Crippen LogP contribution in [0.2, 0.25) is 0 Å². The number of nitrogens with zero attached hydrogens (tertiary/aromatic N) is 3. The first-order valence-electron chi connectivity index (χ1n) is 7.11. The minimum Gasteiger partial charge on any atom is -0.373 e. The number of benzene rings is 1. The highest BCUT2D eigenvalue weighted by atomic mass is 15.5. The van der Waals surface area contributed by atoms with Crippen LogP contribution in [0.1, 0.15) is 26.7 Å². The highest BCUT2D eigenvalue weighted by Gasteiger charge is 2.28. The molecule has 1 atom stereocenters. The van der Waals surface area contributed by atoms with E-state index >= 15 is 0 Å². The molecular weight excluding hydrogens is 234 g/mol. The molecule has 1 aromatic carbocycles. The van der Waals surface area contributed by atoms with E-state index in [4.69, 9.17) is 0 Å². The van der Waals surface area contributed by atoms with Crippen LogP contribution < -0.4 is 5.01 Å². The first kappa shape index (κ1) is 12.3. The Morgan fingerprint density at radius 2 is 1.79 bits per heavy atom. The Morgan fingerprint density at radius 1 is 1.11 bits per heavy atom. The van der Waals surface area contributed by atoms with Crippen molar-refractivity contribution in [3.8, 4) is 0 Å². The van der Waals surface area contributed by atoms with Gasteiger partial charge in [-0.3, -0.25) is 5.01 Å². The second-order valence-corrected chi connectivity index (χ2v) is 5.36. The van der Waals surface area contributed by atoms with Gasteiger partial charge in [0.05, 0.1) is 17.9 Å². The van der Waals surface area contributed by atoms with Crippen LogP contribution in [-0.4, -0.2) is 30.2 Å². The summed E-state index contributed by atoms with van der Waals surface area (Å²) in [7, 11) is 0. The summed E-state index contributed by atoms with van der Waals surface area (Å²) in [6.07, 6.45) is 4.62. The number of likely N-dealkylation sites (tertiary alicyclic amines) is 1. The van der Waals surface area contributed by atoms with Crippen molar-refractivity contribution in [1.29, 1.82) is 0 Å². The SMILES string of the molecule is CC1=C(N2CCCC2)C(C)N(c2ccccc2)N=C1. The predicted molar refractivity (Wildman–Crippen MR) is 80.4 cm³/mol. The second kappa shape index (κ2) is 5.08. The summed E-state index contributed by atoms with van der Waals surface area (Å²) in [5.41, 5.74) is 3.91. The normalized spacial score (nSPS) is 23.4. The van der Waals surface area contributed by atoms with Crippen LogP contribution in [-0.2, 0) is 0 Å². The zero-order valence-corrected chi connectivity index (χ0v) is 11.7. The summed E-state index contributed by atoms with van der Waals surface area (Å²) >= 11 is 0. The third kappa shape index (κ3) is 2.25. The third-order valence-electron chi connectivity index (χ3n) is 4.01. The molecule has 0 spiro atoms. The second-order valence-electron chi connectivity index (χ2n) is 5.36. The van der Waals surface area contributed by atoms with E-state index in [1.807, 2.05) is 12.3 Å². The minimum atomic E-state index is 0.311. The molecule has 0 aliphatic carbocycles. The van der Waals surface area contributed by atoms with Crippen LogP contribution >= 0.6 is 0 Å². The summed E-state index contributed by atoms with van der Waals surface area (Å²) in [5, 5.41) is 6.73. The molecule has 1 fully saturated rings. The standard InChI is InChI=1S/C16H21N3/c1-13-12-17-19(15-8-4-3-5-9-15)14(2)16(13)18-10-6-7-11-18/h3-5,8-9,12,14H,6-7,10-11H2,1-2H3.